The summed E-state index contributed by atoms with van der Waals surface area (Å²) < 4.78 is 39.0. The summed E-state index contributed by atoms with van der Waals surface area (Å²) in [5, 5.41) is 4.19. The van der Waals surface area contributed by atoms with Crippen molar-refractivity contribution in [2.45, 2.75) is 66.2 Å². The number of unbranched alkanes of at least 4 members (excludes halogenated alkanes) is 1. The maximum atomic E-state index is 9.75. The molecule has 0 saturated heterocycles. The summed E-state index contributed by atoms with van der Waals surface area (Å²) in [6.45, 7) is 14.4. The Morgan fingerprint density at radius 3 is 1.30 bits per heavy atom. The number of benzene rings is 3. The fraction of sp³-hybridized carbons (Fsp3) is 0.342. The monoisotopic (exact) mass is 844 g/mol. The van der Waals surface area contributed by atoms with Crippen LogP contribution in [0.1, 0.15) is 66.2 Å². The van der Waals surface area contributed by atoms with Gasteiger partial charge in [-0.25, -0.2) is 0 Å². The fourth-order valence-corrected chi connectivity index (χ4v) is 6.78. The zero-order valence-electron chi connectivity index (χ0n) is 28.0. The summed E-state index contributed by atoms with van der Waals surface area (Å²) in [5.41, 5.74) is 0.331. The van der Waals surface area contributed by atoms with Crippen molar-refractivity contribution in [1.29, 1.82) is 0 Å². The minimum Gasteiger partial charge on any atom is -0.418 e. The maximum Gasteiger partial charge on any atom is 0.673 e. The summed E-state index contributed by atoms with van der Waals surface area (Å²) in [5.74, 6) is 0. The molecule has 0 N–H and O–H groups in total. The topological polar surface area (TPSA) is 6.48 Å². The van der Waals surface area contributed by atoms with Gasteiger partial charge in [-0.15, -0.1) is 0 Å². The molecule has 2 nitrogen and oxygen atoms in total. The molecule has 0 unspecified atom stereocenters. The van der Waals surface area contributed by atoms with E-state index >= 15 is 0 Å². The van der Waals surface area contributed by atoms with Crippen molar-refractivity contribution in [2.24, 2.45) is 5.41 Å². The number of rotatable bonds is 7. The first-order valence-electron chi connectivity index (χ1n) is 16.1. The first-order chi connectivity index (χ1) is 22.0. The second-order valence-corrected chi connectivity index (χ2v) is 14.3. The Balaban J connectivity index is 0.000000347. The van der Waals surface area contributed by atoms with Gasteiger partial charge in [0.25, 0.3) is 0 Å². The summed E-state index contributed by atoms with van der Waals surface area (Å²) >= 11 is 0. The van der Waals surface area contributed by atoms with E-state index in [1.54, 1.807) is 0 Å². The van der Waals surface area contributed by atoms with Crippen molar-refractivity contribution < 1.29 is 37.4 Å². The second-order valence-electron chi connectivity index (χ2n) is 12.1. The number of nitrogens with zero attached hydrogens (tertiary/aromatic N) is 2. The predicted molar refractivity (Wildman–Crippen MR) is 191 cm³/mol. The summed E-state index contributed by atoms with van der Waals surface area (Å²) in [7, 11) is -6.45. The summed E-state index contributed by atoms with van der Waals surface area (Å²) in [6.07, 6.45) is 20.7. The Morgan fingerprint density at radius 2 is 0.979 bits per heavy atom. The van der Waals surface area contributed by atoms with Crippen LogP contribution in [0.15, 0.2) is 103 Å². The quantitative estimate of drug-likeness (QED) is 0.133. The molecule has 2 aliphatic rings. The van der Waals surface area contributed by atoms with Gasteiger partial charge >= 0.3 is 7.25 Å². The molecule has 5 rings (SSSR count). The van der Waals surface area contributed by atoms with Crippen LogP contribution in [-0.4, -0.2) is 30.1 Å². The van der Waals surface area contributed by atoms with Crippen molar-refractivity contribution in [1.82, 2.24) is 9.80 Å². The van der Waals surface area contributed by atoms with Crippen LogP contribution in [0.3, 0.4) is 0 Å². The van der Waals surface area contributed by atoms with Gasteiger partial charge in [-0.2, -0.15) is 0 Å². The maximum absolute atomic E-state index is 9.75. The van der Waals surface area contributed by atoms with E-state index in [0.717, 1.165) is 13.1 Å². The molecule has 257 valence electrons. The average Bonchev–Trinajstić information content (AvgIpc) is 3.43. The van der Waals surface area contributed by atoms with Gasteiger partial charge in [0, 0.05) is 45.6 Å². The third-order valence-corrected chi connectivity index (χ3v) is 8.90. The van der Waals surface area contributed by atoms with E-state index in [2.05, 4.69) is 173 Å². The molecule has 47 heavy (non-hydrogen) atoms. The first-order valence-corrected chi connectivity index (χ1v) is 17.4. The van der Waals surface area contributed by atoms with E-state index < -0.39 is 15.2 Å². The van der Waals surface area contributed by atoms with Crippen molar-refractivity contribution >= 4 is 31.1 Å². The van der Waals surface area contributed by atoms with Crippen LogP contribution in [0, 0.1) is 37.8 Å². The van der Waals surface area contributed by atoms with Gasteiger partial charge in [-0.1, -0.05) is 125 Å². The van der Waals surface area contributed by atoms with Crippen LogP contribution in [0.5, 0.6) is 0 Å². The molecule has 1 fully saturated rings. The minimum absolute atomic E-state index is 0. The molecular weight excluding hydrogens is 794 g/mol. The molecule has 0 atom stereocenters. The minimum atomic E-state index is -6.00. The first kappa shape index (κ1) is 42.9. The Morgan fingerprint density at radius 1 is 0.638 bits per heavy atom. The van der Waals surface area contributed by atoms with Crippen LogP contribution < -0.4 is 15.9 Å². The van der Waals surface area contributed by atoms with E-state index in [4.69, 9.17) is 0 Å². The van der Waals surface area contributed by atoms with Crippen LogP contribution in [0.25, 0.3) is 0 Å². The Bertz CT molecular complexity index is 1070. The van der Waals surface area contributed by atoms with Gasteiger partial charge in [-0.3, -0.25) is 0 Å². The van der Waals surface area contributed by atoms with Gasteiger partial charge in [0.05, 0.1) is 0 Å². The third kappa shape index (κ3) is 21.5. The molecule has 1 aliphatic heterocycles. The van der Waals surface area contributed by atoms with Crippen LogP contribution in [0.4, 0.5) is 17.3 Å². The van der Waals surface area contributed by atoms with Crippen LogP contribution >= 0.6 is 7.92 Å². The molecule has 7 radical (unpaired) electrons. The molecule has 1 heterocycles. The second kappa shape index (κ2) is 24.1. The fourth-order valence-electron chi connectivity index (χ4n) is 4.48. The third-order valence-electron chi connectivity index (χ3n) is 6.46. The molecule has 9 heteroatoms. The van der Waals surface area contributed by atoms with Crippen molar-refractivity contribution in [3.05, 3.63) is 136 Å². The molecule has 0 aromatic heterocycles. The molecule has 0 amide bonds. The van der Waals surface area contributed by atoms with Crippen molar-refractivity contribution in [3.8, 4) is 0 Å². The smallest absolute Gasteiger partial charge is 0.418 e. The number of halogens is 4. The summed E-state index contributed by atoms with van der Waals surface area (Å²) in [4.78, 5) is 4.30. The molecule has 1 saturated carbocycles. The molecule has 0 bridgehead atoms. The van der Waals surface area contributed by atoms with Gasteiger partial charge in [0.15, 0.2) is 0 Å². The SMILES string of the molecule is CCCCN1[C]N(CC(C)(C)C)C=C1.F[B-](F)(F)F.[CH]1[CH]CC[CH][CH]CC1.[Ir].c1ccc(P(c2ccccc2)c2ccccc2)cc1. The molecule has 1 aliphatic carbocycles. The predicted octanol–water partition coefficient (Wildman–Crippen LogP) is 10.0. The largest absolute Gasteiger partial charge is 0.673 e. The van der Waals surface area contributed by atoms with E-state index in [9.17, 15) is 17.3 Å². The van der Waals surface area contributed by atoms with E-state index in [1.807, 2.05) is 0 Å². The van der Waals surface area contributed by atoms with Crippen LogP contribution in [0.2, 0.25) is 0 Å². The number of hydrogen-bond acceptors (Lipinski definition) is 2. The van der Waals surface area contributed by atoms with Gasteiger partial charge < -0.3 is 27.1 Å². The van der Waals surface area contributed by atoms with Crippen molar-refractivity contribution in [3.63, 3.8) is 0 Å². The van der Waals surface area contributed by atoms with E-state index in [0.29, 0.717) is 5.41 Å². The van der Waals surface area contributed by atoms with E-state index in [-0.39, 0.29) is 20.1 Å². The Kier molecular flexibility index (Phi) is 22.0. The molecule has 0 spiro atoms. The van der Waals surface area contributed by atoms with Gasteiger partial charge in [-0.05, 0) is 87.0 Å². The average molecular weight is 844 g/mol. The molecule has 3 aromatic rings. The van der Waals surface area contributed by atoms with Crippen LogP contribution in [-0.2, 0) is 20.1 Å². The Hall–Kier alpha value is -2.14. The zero-order valence-corrected chi connectivity index (χ0v) is 31.3. The standard InChI is InChI=1S/C18H15P.C12H22N2.C8H12.BF4.Ir/c1-4-10-16(11-5-1)19(17-12-6-2-7-13-17)18-14-8-3-9-15-18;1-5-6-7-13-8-9-14(11-13)10-12(2,3)4;1-2-4-6-8-7-5-3-1;2-1(3,4)5;/h1-15H;8-9H,5-7,10H2,1-4H3;1-2,7-8H,3-6H2;;/q;;;-1;. The summed E-state index contributed by atoms with van der Waals surface area (Å²) in [6, 6.07) is 32.3. The van der Waals surface area contributed by atoms with Gasteiger partial charge in [0.1, 0.15) is 0 Å². The van der Waals surface area contributed by atoms with Gasteiger partial charge in [0.2, 0.25) is 6.67 Å². The number of hydrogen-bond donors (Lipinski definition) is 0. The van der Waals surface area contributed by atoms with E-state index in [1.165, 1.54) is 54.4 Å². The zero-order chi connectivity index (χ0) is 33.7. The normalized spacial score (nSPS) is 14.7. The Labute approximate surface area is 297 Å². The van der Waals surface area contributed by atoms with Crippen molar-refractivity contribution in [2.75, 3.05) is 13.1 Å². The molecule has 3 aromatic carbocycles. The molecular formula is C38H49BF4IrN2P-.